The van der Waals surface area contributed by atoms with Crippen LogP contribution < -0.4 is 0 Å². The molecule has 0 N–H and O–H groups in total. The zero-order chi connectivity index (χ0) is 11.6. The van der Waals surface area contributed by atoms with Crippen molar-refractivity contribution in [1.29, 1.82) is 0 Å². The van der Waals surface area contributed by atoms with E-state index in [1.807, 2.05) is 0 Å². The number of aromatic nitrogens is 1. The summed E-state index contributed by atoms with van der Waals surface area (Å²) in [5, 5.41) is 10.2. The van der Waals surface area contributed by atoms with Crippen LogP contribution in [0.5, 0.6) is 0 Å². The zero-order valence-electron chi connectivity index (χ0n) is 6.79. The van der Waals surface area contributed by atoms with E-state index >= 15 is 0 Å². The van der Waals surface area contributed by atoms with Crippen LogP contribution >= 0.6 is 27.7 Å². The zero-order valence-corrected chi connectivity index (χ0v) is 9.19. The Morgan fingerprint density at radius 2 is 2.07 bits per heavy atom. The van der Waals surface area contributed by atoms with Crippen molar-refractivity contribution in [3.8, 4) is 0 Å². The average molecular weight is 303 g/mol. The first-order valence-corrected chi connectivity index (χ1v) is 4.97. The summed E-state index contributed by atoms with van der Waals surface area (Å²) >= 11 is 2.35. The van der Waals surface area contributed by atoms with Crippen LogP contribution in [0.2, 0.25) is 0 Å². The normalized spacial score (nSPS) is 11.5. The molecule has 15 heavy (non-hydrogen) atoms. The third kappa shape index (κ3) is 3.67. The second-order valence-electron chi connectivity index (χ2n) is 2.26. The molecular weight excluding hydrogens is 301 g/mol. The van der Waals surface area contributed by atoms with E-state index in [-0.39, 0.29) is 21.3 Å². The lowest BCUT2D eigenvalue weighted by atomic mass is 10.5. The van der Waals surface area contributed by atoms with E-state index in [0.717, 1.165) is 12.1 Å². The minimum atomic E-state index is -4.44. The molecule has 9 heteroatoms. The molecule has 4 nitrogen and oxygen atoms in total. The molecule has 0 saturated heterocycles. The number of alkyl halides is 3. The second kappa shape index (κ2) is 4.35. The Hall–Kier alpha value is -0.830. The van der Waals surface area contributed by atoms with Gasteiger partial charge in [-0.1, -0.05) is 0 Å². The molecular formula is C6H2BrF3N2O2S. The lowest BCUT2D eigenvalue weighted by molar-refractivity contribution is -0.389. The summed E-state index contributed by atoms with van der Waals surface area (Å²) in [5.74, 6) is -0.506. The number of hydrogen-bond donors (Lipinski definition) is 0. The highest BCUT2D eigenvalue weighted by atomic mass is 79.9. The fraction of sp³-hybridized carbons (Fsp3) is 0.167. The summed E-state index contributed by atoms with van der Waals surface area (Å²) < 4.78 is 35.7. The molecule has 0 aliphatic carbocycles. The number of rotatable bonds is 2. The van der Waals surface area contributed by atoms with Crippen molar-refractivity contribution < 1.29 is 18.1 Å². The fourth-order valence-corrected chi connectivity index (χ4v) is 1.79. The maximum absolute atomic E-state index is 12.0. The van der Waals surface area contributed by atoms with Crippen molar-refractivity contribution in [3.63, 3.8) is 0 Å². The summed E-state index contributed by atoms with van der Waals surface area (Å²) in [6.07, 6.45) is 0. The monoisotopic (exact) mass is 302 g/mol. The van der Waals surface area contributed by atoms with Gasteiger partial charge >= 0.3 is 11.3 Å². The third-order valence-electron chi connectivity index (χ3n) is 1.21. The second-order valence-corrected chi connectivity index (χ2v) is 4.12. The van der Waals surface area contributed by atoms with Crippen LogP contribution in [0, 0.1) is 10.1 Å². The quantitative estimate of drug-likeness (QED) is 0.364. The van der Waals surface area contributed by atoms with Crippen LogP contribution in [0.15, 0.2) is 21.6 Å². The van der Waals surface area contributed by atoms with Gasteiger partial charge in [-0.3, -0.25) is 0 Å². The van der Waals surface area contributed by atoms with Gasteiger partial charge in [0.05, 0.1) is 4.90 Å². The van der Waals surface area contributed by atoms with E-state index in [4.69, 9.17) is 0 Å². The molecule has 0 aliphatic heterocycles. The smallest absolute Gasteiger partial charge is 0.358 e. The van der Waals surface area contributed by atoms with Gasteiger partial charge in [0, 0.05) is 22.0 Å². The van der Waals surface area contributed by atoms with Gasteiger partial charge in [-0.15, -0.1) is 0 Å². The van der Waals surface area contributed by atoms with Crippen molar-refractivity contribution in [3.05, 3.63) is 26.9 Å². The molecule has 0 radical (unpaired) electrons. The number of nitro groups is 1. The lowest BCUT2D eigenvalue weighted by Gasteiger charge is -2.04. The van der Waals surface area contributed by atoms with Gasteiger partial charge in [0.1, 0.15) is 0 Å². The van der Waals surface area contributed by atoms with Gasteiger partial charge in [0.2, 0.25) is 4.60 Å². The first-order valence-electron chi connectivity index (χ1n) is 3.36. The summed E-state index contributed by atoms with van der Waals surface area (Å²) in [6.45, 7) is 0. The van der Waals surface area contributed by atoms with Crippen molar-refractivity contribution in [2.45, 2.75) is 10.4 Å². The number of thioether (sulfide) groups is 1. The average Bonchev–Trinajstić information content (AvgIpc) is 2.05. The molecule has 82 valence electrons. The van der Waals surface area contributed by atoms with Crippen LogP contribution in [0.1, 0.15) is 0 Å². The maximum Gasteiger partial charge on any atom is 0.446 e. The van der Waals surface area contributed by atoms with Gasteiger partial charge in [-0.25, -0.2) is 0 Å². The van der Waals surface area contributed by atoms with Crippen LogP contribution in [0.25, 0.3) is 0 Å². The molecule has 0 unspecified atom stereocenters. The van der Waals surface area contributed by atoms with E-state index < -0.39 is 16.2 Å². The molecule has 0 atom stereocenters. The summed E-state index contributed by atoms with van der Waals surface area (Å²) in [7, 11) is 0. The first-order chi connectivity index (χ1) is 6.79. The number of pyridine rings is 1. The van der Waals surface area contributed by atoms with Gasteiger partial charge in [0.15, 0.2) is 0 Å². The molecule has 1 rings (SSSR count). The fourth-order valence-electron chi connectivity index (χ4n) is 0.714. The first kappa shape index (κ1) is 12.2. The van der Waals surface area contributed by atoms with Crippen molar-refractivity contribution >= 4 is 33.5 Å². The Kier molecular flexibility index (Phi) is 3.55. The van der Waals surface area contributed by atoms with E-state index in [2.05, 4.69) is 20.9 Å². The van der Waals surface area contributed by atoms with E-state index in [1.54, 1.807) is 0 Å². The SMILES string of the molecule is O=[N+]([O-])c1ccc(SC(F)(F)F)c(Br)n1. The Morgan fingerprint density at radius 3 is 2.47 bits per heavy atom. The predicted molar refractivity (Wildman–Crippen MR) is 50.5 cm³/mol. The van der Waals surface area contributed by atoms with E-state index in [1.165, 1.54) is 0 Å². The van der Waals surface area contributed by atoms with Gasteiger partial charge < -0.3 is 10.1 Å². The highest BCUT2D eigenvalue weighted by Gasteiger charge is 2.31. The number of nitrogens with zero attached hydrogens (tertiary/aromatic N) is 2. The third-order valence-corrected chi connectivity index (χ3v) is 2.86. The summed E-state index contributed by atoms with van der Waals surface area (Å²) in [6, 6.07) is 1.91. The van der Waals surface area contributed by atoms with E-state index in [0.29, 0.717) is 0 Å². The van der Waals surface area contributed by atoms with Crippen LogP contribution in [0.3, 0.4) is 0 Å². The molecule has 1 aromatic rings. The number of halogens is 4. The van der Waals surface area contributed by atoms with Gasteiger partial charge in [-0.05, 0) is 27.7 Å². The van der Waals surface area contributed by atoms with Crippen molar-refractivity contribution in [1.82, 2.24) is 4.98 Å². The largest absolute Gasteiger partial charge is 0.446 e. The molecule has 0 aliphatic rings. The minimum absolute atomic E-state index is 0.195. The van der Waals surface area contributed by atoms with Crippen LogP contribution in [-0.4, -0.2) is 15.4 Å². The topological polar surface area (TPSA) is 56.0 Å². The van der Waals surface area contributed by atoms with Crippen molar-refractivity contribution in [2.24, 2.45) is 0 Å². The van der Waals surface area contributed by atoms with Gasteiger partial charge in [-0.2, -0.15) is 13.2 Å². The molecule has 0 aromatic carbocycles. The van der Waals surface area contributed by atoms with Crippen LogP contribution in [0.4, 0.5) is 19.0 Å². The Bertz CT molecular complexity index is 398. The lowest BCUT2D eigenvalue weighted by Crippen LogP contribution is -2.00. The van der Waals surface area contributed by atoms with E-state index in [9.17, 15) is 23.3 Å². The van der Waals surface area contributed by atoms with Gasteiger partial charge in [0.25, 0.3) is 0 Å². The highest BCUT2D eigenvalue weighted by Crippen LogP contribution is 2.40. The maximum atomic E-state index is 12.0. The summed E-state index contributed by atoms with van der Waals surface area (Å²) in [4.78, 5) is 12.6. The Morgan fingerprint density at radius 1 is 1.47 bits per heavy atom. The molecule has 1 heterocycles. The Labute approximate surface area is 94.2 Å². The molecule has 0 amide bonds. The van der Waals surface area contributed by atoms with Crippen molar-refractivity contribution in [2.75, 3.05) is 0 Å². The molecule has 1 aromatic heterocycles. The molecule has 0 spiro atoms. The Balaban J connectivity index is 2.99. The highest BCUT2D eigenvalue weighted by molar-refractivity contribution is 9.10. The molecule has 0 bridgehead atoms. The standard InChI is InChI=1S/C6H2BrF3N2O2S/c7-5-3(15-6(8,9)10)1-2-4(11-5)12(13)14/h1-2H. The van der Waals surface area contributed by atoms with Crippen LogP contribution in [-0.2, 0) is 0 Å². The number of hydrogen-bond acceptors (Lipinski definition) is 4. The minimum Gasteiger partial charge on any atom is -0.358 e. The molecule has 0 fully saturated rings. The molecule has 0 saturated carbocycles. The summed E-state index contributed by atoms with van der Waals surface area (Å²) in [5.41, 5.74) is -4.44. The predicted octanol–water partition coefficient (Wildman–Crippen LogP) is 3.36.